The molecular formula is C18H25N3. The number of pyridine rings is 1. The van der Waals surface area contributed by atoms with E-state index >= 15 is 0 Å². The molecule has 3 rings (SSSR count). The quantitative estimate of drug-likeness (QED) is 0.807. The molecule has 3 nitrogen and oxygen atoms in total. The van der Waals surface area contributed by atoms with E-state index in [0.29, 0.717) is 6.04 Å². The summed E-state index contributed by atoms with van der Waals surface area (Å²) >= 11 is 0. The molecule has 1 fully saturated rings. The zero-order valence-corrected chi connectivity index (χ0v) is 12.8. The Hall–Kier alpha value is -1.77. The van der Waals surface area contributed by atoms with Crippen LogP contribution in [0.5, 0.6) is 0 Å². The van der Waals surface area contributed by atoms with Gasteiger partial charge in [0, 0.05) is 40.6 Å². The summed E-state index contributed by atoms with van der Waals surface area (Å²) in [6.45, 7) is 2.29. The summed E-state index contributed by atoms with van der Waals surface area (Å²) in [5.74, 6) is 0.945. The number of hydrogen-bond donors (Lipinski definition) is 2. The van der Waals surface area contributed by atoms with Crippen LogP contribution in [0.2, 0.25) is 0 Å². The first-order valence-electron chi connectivity index (χ1n) is 8.16. The molecule has 0 radical (unpaired) electrons. The summed E-state index contributed by atoms with van der Waals surface area (Å²) in [5, 5.41) is 5.96. The molecule has 0 atom stereocenters. The maximum absolute atomic E-state index is 6.04. The Morgan fingerprint density at radius 3 is 2.71 bits per heavy atom. The lowest BCUT2D eigenvalue weighted by molar-refractivity contribution is 0.319. The second-order valence-electron chi connectivity index (χ2n) is 6.27. The molecule has 1 aromatic heterocycles. The Kier molecular flexibility index (Phi) is 4.28. The van der Waals surface area contributed by atoms with Crippen molar-refractivity contribution in [1.82, 2.24) is 4.98 Å². The number of aromatic nitrogens is 1. The lowest BCUT2D eigenvalue weighted by atomic mass is 9.83. The van der Waals surface area contributed by atoms with Crippen molar-refractivity contribution in [1.29, 1.82) is 0 Å². The number of nitrogens with zero attached hydrogens (tertiary/aromatic N) is 1. The van der Waals surface area contributed by atoms with Crippen LogP contribution in [-0.4, -0.2) is 11.0 Å². The van der Waals surface area contributed by atoms with Gasteiger partial charge in [-0.15, -0.1) is 0 Å². The molecule has 21 heavy (non-hydrogen) atoms. The third kappa shape index (κ3) is 3.12. The average molecular weight is 283 g/mol. The molecule has 112 valence electrons. The summed E-state index contributed by atoms with van der Waals surface area (Å²) in [7, 11) is 0. The molecule has 0 unspecified atom stereocenters. The van der Waals surface area contributed by atoms with Gasteiger partial charge in [-0.05, 0) is 49.8 Å². The molecule has 1 saturated carbocycles. The van der Waals surface area contributed by atoms with E-state index in [-0.39, 0.29) is 0 Å². The fourth-order valence-corrected chi connectivity index (χ4v) is 3.56. The first-order valence-corrected chi connectivity index (χ1v) is 8.16. The molecular weight excluding hydrogens is 258 g/mol. The number of anilines is 2. The van der Waals surface area contributed by atoms with Crippen LogP contribution in [0.25, 0.3) is 10.8 Å². The van der Waals surface area contributed by atoms with Crippen LogP contribution in [0.4, 0.5) is 11.4 Å². The second kappa shape index (κ2) is 6.33. The van der Waals surface area contributed by atoms with Crippen LogP contribution >= 0.6 is 0 Å². The summed E-state index contributed by atoms with van der Waals surface area (Å²) in [4.78, 5) is 4.18. The Morgan fingerprint density at radius 2 is 1.95 bits per heavy atom. The first-order chi connectivity index (χ1) is 10.3. The number of benzene rings is 1. The van der Waals surface area contributed by atoms with Gasteiger partial charge in [0.25, 0.3) is 0 Å². The SMILES string of the molecule is CCCC1CCC(Nc2ccc(N)c3cnccc23)CC1. The van der Waals surface area contributed by atoms with Crippen LogP contribution in [0.15, 0.2) is 30.6 Å². The van der Waals surface area contributed by atoms with Gasteiger partial charge in [0.15, 0.2) is 0 Å². The van der Waals surface area contributed by atoms with Crippen LogP contribution in [0.3, 0.4) is 0 Å². The summed E-state index contributed by atoms with van der Waals surface area (Å²) in [5.41, 5.74) is 8.04. The molecule has 1 aliphatic rings. The average Bonchev–Trinajstić information content (AvgIpc) is 2.52. The maximum atomic E-state index is 6.04. The smallest absolute Gasteiger partial charge is 0.0424 e. The highest BCUT2D eigenvalue weighted by Crippen LogP contribution is 2.32. The molecule has 0 amide bonds. The highest BCUT2D eigenvalue weighted by Gasteiger charge is 2.20. The molecule has 0 saturated heterocycles. The number of fused-ring (bicyclic) bond motifs is 1. The van der Waals surface area contributed by atoms with Crippen molar-refractivity contribution in [2.45, 2.75) is 51.5 Å². The van der Waals surface area contributed by atoms with Gasteiger partial charge < -0.3 is 11.1 Å². The predicted molar refractivity (Wildman–Crippen MR) is 90.4 cm³/mol. The molecule has 1 aromatic carbocycles. The van der Waals surface area contributed by atoms with Crippen molar-refractivity contribution >= 4 is 22.1 Å². The van der Waals surface area contributed by atoms with E-state index in [1.165, 1.54) is 49.6 Å². The highest BCUT2D eigenvalue weighted by atomic mass is 14.9. The minimum Gasteiger partial charge on any atom is -0.398 e. The van der Waals surface area contributed by atoms with Gasteiger partial charge in [0.1, 0.15) is 0 Å². The molecule has 2 aromatic rings. The third-order valence-electron chi connectivity index (χ3n) is 4.76. The fourth-order valence-electron chi connectivity index (χ4n) is 3.56. The molecule has 1 aliphatic carbocycles. The van der Waals surface area contributed by atoms with Crippen molar-refractivity contribution in [3.05, 3.63) is 30.6 Å². The van der Waals surface area contributed by atoms with Gasteiger partial charge in [0.05, 0.1) is 0 Å². The number of nitrogens with one attached hydrogen (secondary N) is 1. The Morgan fingerprint density at radius 1 is 1.14 bits per heavy atom. The van der Waals surface area contributed by atoms with Crippen LogP contribution in [0, 0.1) is 5.92 Å². The normalized spacial score (nSPS) is 22.3. The topological polar surface area (TPSA) is 50.9 Å². The number of nitrogen functional groups attached to an aromatic ring is 1. The van der Waals surface area contributed by atoms with E-state index in [0.717, 1.165) is 17.0 Å². The number of hydrogen-bond acceptors (Lipinski definition) is 3. The number of rotatable bonds is 4. The molecule has 0 aliphatic heterocycles. The van der Waals surface area contributed by atoms with Crippen molar-refractivity contribution in [3.8, 4) is 0 Å². The molecule has 0 bridgehead atoms. The van der Waals surface area contributed by atoms with E-state index in [1.54, 1.807) is 0 Å². The predicted octanol–water partition coefficient (Wildman–Crippen LogP) is 4.59. The zero-order valence-electron chi connectivity index (χ0n) is 12.8. The summed E-state index contributed by atoms with van der Waals surface area (Å²) < 4.78 is 0. The van der Waals surface area contributed by atoms with Gasteiger partial charge in [-0.3, -0.25) is 4.98 Å². The molecule has 0 spiro atoms. The third-order valence-corrected chi connectivity index (χ3v) is 4.76. The minimum atomic E-state index is 0.595. The van der Waals surface area contributed by atoms with Gasteiger partial charge in [0.2, 0.25) is 0 Å². The zero-order chi connectivity index (χ0) is 14.7. The summed E-state index contributed by atoms with van der Waals surface area (Å²) in [6, 6.07) is 6.74. The van der Waals surface area contributed by atoms with E-state index in [2.05, 4.69) is 29.4 Å². The van der Waals surface area contributed by atoms with Crippen LogP contribution in [0.1, 0.15) is 45.4 Å². The van der Waals surface area contributed by atoms with Crippen molar-refractivity contribution in [2.75, 3.05) is 11.1 Å². The van der Waals surface area contributed by atoms with Crippen LogP contribution < -0.4 is 11.1 Å². The standard InChI is InChI=1S/C18H25N3/c1-2-3-13-4-6-14(7-5-13)21-18-9-8-17(19)16-12-20-11-10-15(16)18/h8-14,21H,2-7,19H2,1H3. The molecule has 3 heteroatoms. The van der Waals surface area contributed by atoms with Crippen molar-refractivity contribution in [3.63, 3.8) is 0 Å². The highest BCUT2D eigenvalue weighted by molar-refractivity contribution is 6.00. The molecule has 3 N–H and O–H groups in total. The van der Waals surface area contributed by atoms with Gasteiger partial charge in [-0.2, -0.15) is 0 Å². The van der Waals surface area contributed by atoms with Crippen LogP contribution in [-0.2, 0) is 0 Å². The van der Waals surface area contributed by atoms with Crippen molar-refractivity contribution < 1.29 is 0 Å². The Balaban J connectivity index is 1.73. The van der Waals surface area contributed by atoms with Crippen molar-refractivity contribution in [2.24, 2.45) is 5.92 Å². The van der Waals surface area contributed by atoms with E-state index in [4.69, 9.17) is 5.73 Å². The van der Waals surface area contributed by atoms with E-state index < -0.39 is 0 Å². The lowest BCUT2D eigenvalue weighted by Gasteiger charge is -2.30. The van der Waals surface area contributed by atoms with E-state index in [9.17, 15) is 0 Å². The summed E-state index contributed by atoms with van der Waals surface area (Å²) in [6.07, 6.45) is 11.7. The maximum Gasteiger partial charge on any atom is 0.0424 e. The minimum absolute atomic E-state index is 0.595. The lowest BCUT2D eigenvalue weighted by Crippen LogP contribution is -2.26. The monoisotopic (exact) mass is 283 g/mol. The Bertz CT molecular complexity index is 600. The molecule has 1 heterocycles. The fraction of sp³-hybridized carbons (Fsp3) is 0.500. The Labute approximate surface area is 127 Å². The number of nitrogens with two attached hydrogens (primary N) is 1. The second-order valence-corrected chi connectivity index (χ2v) is 6.27. The van der Waals surface area contributed by atoms with Gasteiger partial charge in [-0.1, -0.05) is 19.8 Å². The van der Waals surface area contributed by atoms with Gasteiger partial charge >= 0.3 is 0 Å². The van der Waals surface area contributed by atoms with E-state index in [1.807, 2.05) is 18.5 Å². The van der Waals surface area contributed by atoms with Gasteiger partial charge in [-0.25, -0.2) is 0 Å². The largest absolute Gasteiger partial charge is 0.398 e. The first kappa shape index (κ1) is 14.2.